The van der Waals surface area contributed by atoms with Crippen LogP contribution in [0.2, 0.25) is 10.2 Å². The Kier molecular flexibility index (Phi) is 4.32. The molecule has 0 aromatic carbocycles. The van der Waals surface area contributed by atoms with Crippen LogP contribution in [0.1, 0.15) is 16.8 Å². The molecule has 1 aromatic heterocycles. The predicted octanol–water partition coefficient (Wildman–Crippen LogP) is 1.55. The van der Waals surface area contributed by atoms with Crippen LogP contribution in [0.25, 0.3) is 0 Å². The van der Waals surface area contributed by atoms with Gasteiger partial charge in [-0.15, -0.1) is 0 Å². The fourth-order valence-corrected chi connectivity index (χ4v) is 4.16. The molecule has 1 aromatic rings. The van der Waals surface area contributed by atoms with Gasteiger partial charge in [0, 0.05) is 12.7 Å². The minimum atomic E-state index is -2.93. The molecule has 1 aliphatic heterocycles. The third kappa shape index (κ3) is 3.81. The van der Waals surface area contributed by atoms with Crippen molar-refractivity contribution >= 4 is 38.9 Å². The Morgan fingerprint density at radius 1 is 1.47 bits per heavy atom. The monoisotopic (exact) mass is 322 g/mol. The van der Waals surface area contributed by atoms with Crippen molar-refractivity contribution in [1.29, 1.82) is 0 Å². The molecule has 1 N–H and O–H groups in total. The number of aromatic nitrogens is 1. The van der Waals surface area contributed by atoms with Crippen LogP contribution >= 0.6 is 23.2 Å². The van der Waals surface area contributed by atoms with Crippen LogP contribution in [0.15, 0.2) is 12.3 Å². The molecule has 1 atom stereocenters. The number of hydrogen-bond donors (Lipinski definition) is 1. The van der Waals surface area contributed by atoms with Crippen LogP contribution in [-0.4, -0.2) is 37.4 Å². The van der Waals surface area contributed by atoms with E-state index in [1.807, 2.05) is 0 Å². The molecule has 1 saturated heterocycles. The highest BCUT2D eigenvalue weighted by molar-refractivity contribution is 7.91. The Morgan fingerprint density at radius 3 is 2.84 bits per heavy atom. The molecule has 0 bridgehead atoms. The average molecular weight is 323 g/mol. The third-order valence-electron chi connectivity index (χ3n) is 2.94. The van der Waals surface area contributed by atoms with Gasteiger partial charge in [0.15, 0.2) is 9.84 Å². The maximum atomic E-state index is 11.9. The Balaban J connectivity index is 1.97. The summed E-state index contributed by atoms with van der Waals surface area (Å²) in [5.74, 6) is -0.100. The first-order valence-electron chi connectivity index (χ1n) is 5.67. The van der Waals surface area contributed by atoms with Crippen LogP contribution in [0.5, 0.6) is 0 Å². The highest BCUT2D eigenvalue weighted by Gasteiger charge is 2.28. The van der Waals surface area contributed by atoms with E-state index in [0.717, 1.165) is 0 Å². The van der Waals surface area contributed by atoms with Crippen molar-refractivity contribution in [2.24, 2.45) is 5.92 Å². The van der Waals surface area contributed by atoms with E-state index in [1.165, 1.54) is 12.3 Å². The largest absolute Gasteiger partial charge is 0.352 e. The Bertz CT molecular complexity index is 604. The first-order chi connectivity index (χ1) is 8.87. The van der Waals surface area contributed by atoms with Gasteiger partial charge in [-0.1, -0.05) is 23.2 Å². The van der Waals surface area contributed by atoms with E-state index < -0.39 is 9.84 Å². The summed E-state index contributed by atoms with van der Waals surface area (Å²) >= 11 is 11.6. The van der Waals surface area contributed by atoms with E-state index >= 15 is 0 Å². The van der Waals surface area contributed by atoms with Crippen molar-refractivity contribution < 1.29 is 13.2 Å². The highest BCUT2D eigenvalue weighted by atomic mass is 35.5. The van der Waals surface area contributed by atoms with Crippen molar-refractivity contribution in [2.75, 3.05) is 18.1 Å². The van der Waals surface area contributed by atoms with Crippen molar-refractivity contribution in [3.8, 4) is 0 Å². The Hall–Kier alpha value is -0.850. The molecule has 0 aliphatic carbocycles. The average Bonchev–Trinajstić information content (AvgIpc) is 2.69. The molecule has 0 saturated carbocycles. The third-order valence-corrected chi connectivity index (χ3v) is 5.29. The molecule has 5 nitrogen and oxygen atoms in total. The molecule has 1 amide bonds. The molecule has 1 unspecified atom stereocenters. The molecule has 104 valence electrons. The zero-order valence-electron chi connectivity index (χ0n) is 9.90. The summed E-state index contributed by atoms with van der Waals surface area (Å²) in [5, 5.41) is 3.06. The molecule has 2 heterocycles. The summed E-state index contributed by atoms with van der Waals surface area (Å²) in [6.45, 7) is 0.314. The van der Waals surface area contributed by atoms with Crippen molar-refractivity contribution in [3.63, 3.8) is 0 Å². The van der Waals surface area contributed by atoms with Crippen LogP contribution in [0.3, 0.4) is 0 Å². The zero-order chi connectivity index (χ0) is 14.0. The lowest BCUT2D eigenvalue weighted by molar-refractivity contribution is 0.0948. The SMILES string of the molecule is O=C(NCC1CCS(=O)(=O)C1)c1cc(Cl)ncc1Cl. The van der Waals surface area contributed by atoms with E-state index in [4.69, 9.17) is 23.2 Å². The summed E-state index contributed by atoms with van der Waals surface area (Å²) in [4.78, 5) is 15.7. The first kappa shape index (κ1) is 14.6. The van der Waals surface area contributed by atoms with Crippen LogP contribution in [-0.2, 0) is 9.84 Å². The number of nitrogens with zero attached hydrogens (tertiary/aromatic N) is 1. The van der Waals surface area contributed by atoms with Gasteiger partial charge in [-0.05, 0) is 18.4 Å². The van der Waals surface area contributed by atoms with Gasteiger partial charge in [0.1, 0.15) is 5.15 Å². The number of halogens is 2. The van der Waals surface area contributed by atoms with Crippen molar-refractivity contribution in [1.82, 2.24) is 10.3 Å². The number of amides is 1. The van der Waals surface area contributed by atoms with Crippen LogP contribution in [0.4, 0.5) is 0 Å². The second-order valence-electron chi connectivity index (χ2n) is 4.47. The van der Waals surface area contributed by atoms with Gasteiger partial charge in [0.2, 0.25) is 0 Å². The van der Waals surface area contributed by atoms with Gasteiger partial charge in [-0.2, -0.15) is 0 Å². The van der Waals surface area contributed by atoms with Crippen molar-refractivity contribution in [2.45, 2.75) is 6.42 Å². The number of hydrogen-bond acceptors (Lipinski definition) is 4. The summed E-state index contributed by atoms with van der Waals surface area (Å²) in [7, 11) is -2.93. The Labute approximate surface area is 121 Å². The number of nitrogens with one attached hydrogen (secondary N) is 1. The van der Waals surface area contributed by atoms with E-state index in [1.54, 1.807) is 0 Å². The minimum Gasteiger partial charge on any atom is -0.352 e. The molecule has 1 aliphatic rings. The van der Waals surface area contributed by atoms with E-state index in [9.17, 15) is 13.2 Å². The molecular formula is C11H12Cl2N2O3S. The van der Waals surface area contributed by atoms with Gasteiger partial charge in [0.05, 0.1) is 22.1 Å². The van der Waals surface area contributed by atoms with E-state index in [2.05, 4.69) is 10.3 Å². The number of carbonyl (C=O) groups is 1. The maximum absolute atomic E-state index is 11.9. The summed E-state index contributed by atoms with van der Waals surface area (Å²) < 4.78 is 22.6. The van der Waals surface area contributed by atoms with Gasteiger partial charge in [-0.3, -0.25) is 4.79 Å². The summed E-state index contributed by atoms with van der Waals surface area (Å²) in [6.07, 6.45) is 1.88. The zero-order valence-corrected chi connectivity index (χ0v) is 12.2. The second-order valence-corrected chi connectivity index (χ2v) is 7.49. The lowest BCUT2D eigenvalue weighted by atomic mass is 10.1. The standard InChI is InChI=1S/C11H12Cl2N2O3S/c12-9-5-14-10(13)3-8(9)11(16)15-4-7-1-2-19(17,18)6-7/h3,5,7H,1-2,4,6H2,(H,15,16). The summed E-state index contributed by atoms with van der Waals surface area (Å²) in [6, 6.07) is 1.38. The fraction of sp³-hybridized carbons (Fsp3) is 0.455. The number of pyridine rings is 1. The lowest BCUT2D eigenvalue weighted by Gasteiger charge is -2.10. The summed E-state index contributed by atoms with van der Waals surface area (Å²) in [5.41, 5.74) is 0.238. The van der Waals surface area contributed by atoms with Crippen molar-refractivity contribution in [3.05, 3.63) is 28.0 Å². The molecule has 0 radical (unpaired) electrons. The normalized spacial score (nSPS) is 21.3. The smallest absolute Gasteiger partial charge is 0.252 e. The minimum absolute atomic E-state index is 0.0370. The van der Waals surface area contributed by atoms with Crippen LogP contribution in [0, 0.1) is 5.92 Å². The van der Waals surface area contributed by atoms with Gasteiger partial charge in [-0.25, -0.2) is 13.4 Å². The first-order valence-corrected chi connectivity index (χ1v) is 8.25. The number of carbonyl (C=O) groups excluding carboxylic acids is 1. The molecule has 0 spiro atoms. The molecular weight excluding hydrogens is 311 g/mol. The van der Waals surface area contributed by atoms with Gasteiger partial charge >= 0.3 is 0 Å². The molecule has 8 heteroatoms. The fourth-order valence-electron chi connectivity index (χ4n) is 1.95. The molecule has 1 fully saturated rings. The van der Waals surface area contributed by atoms with E-state index in [0.29, 0.717) is 13.0 Å². The Morgan fingerprint density at radius 2 is 2.21 bits per heavy atom. The predicted molar refractivity (Wildman–Crippen MR) is 73.4 cm³/mol. The van der Waals surface area contributed by atoms with E-state index in [-0.39, 0.29) is 39.1 Å². The number of rotatable bonds is 3. The lowest BCUT2D eigenvalue weighted by Crippen LogP contribution is -2.30. The van der Waals surface area contributed by atoms with Gasteiger partial charge < -0.3 is 5.32 Å². The second kappa shape index (κ2) is 5.64. The quantitative estimate of drug-likeness (QED) is 0.857. The highest BCUT2D eigenvalue weighted by Crippen LogP contribution is 2.20. The van der Waals surface area contributed by atoms with Crippen LogP contribution < -0.4 is 5.32 Å². The molecule has 19 heavy (non-hydrogen) atoms. The molecule has 2 rings (SSSR count). The number of sulfone groups is 1. The topological polar surface area (TPSA) is 76.1 Å². The van der Waals surface area contributed by atoms with Gasteiger partial charge in [0.25, 0.3) is 5.91 Å². The maximum Gasteiger partial charge on any atom is 0.252 e.